The van der Waals surface area contributed by atoms with Crippen LogP contribution in [-0.4, -0.2) is 19.1 Å². The van der Waals surface area contributed by atoms with Crippen molar-refractivity contribution < 1.29 is 27.5 Å². The molecule has 0 bridgehead atoms. The smallest absolute Gasteiger partial charge is 0.387 e. The Bertz CT molecular complexity index is 919. The fourth-order valence-electron chi connectivity index (χ4n) is 2.58. The largest absolute Gasteiger partial charge is 0.494 e. The van der Waals surface area contributed by atoms with Gasteiger partial charge in [0.15, 0.2) is 5.76 Å². The van der Waals surface area contributed by atoms with Gasteiger partial charge in [0.25, 0.3) is 5.91 Å². The van der Waals surface area contributed by atoms with Gasteiger partial charge in [-0.15, -0.1) is 0 Å². The van der Waals surface area contributed by atoms with E-state index in [9.17, 15) is 13.6 Å². The van der Waals surface area contributed by atoms with Gasteiger partial charge in [0.1, 0.15) is 17.1 Å². The number of carbonyl (C=O) groups excluding carboxylic acids is 1. The Hall–Kier alpha value is -3.09. The standard InChI is InChI=1S/C19H17F2NO4/c1-3-24-14-8-9-16-15(10-14)11(2)17(26-16)18(23)22-12-4-6-13(7-5-12)25-19(20)21/h4-10,19H,3H2,1-2H3,(H,22,23). The zero-order valence-electron chi connectivity index (χ0n) is 14.2. The number of alkyl halides is 2. The third-order valence-electron chi connectivity index (χ3n) is 3.76. The van der Waals surface area contributed by atoms with Gasteiger partial charge in [-0.1, -0.05) is 0 Å². The minimum atomic E-state index is -2.89. The molecule has 1 N–H and O–H groups in total. The highest BCUT2D eigenvalue weighted by Crippen LogP contribution is 2.29. The number of halogens is 2. The van der Waals surface area contributed by atoms with E-state index in [1.54, 1.807) is 19.1 Å². The highest BCUT2D eigenvalue weighted by Gasteiger charge is 2.18. The number of carbonyl (C=O) groups is 1. The second-order valence-corrected chi connectivity index (χ2v) is 5.50. The lowest BCUT2D eigenvalue weighted by molar-refractivity contribution is -0.0498. The Labute approximate surface area is 148 Å². The molecule has 0 spiro atoms. The number of anilines is 1. The van der Waals surface area contributed by atoms with Crippen molar-refractivity contribution in [3.05, 3.63) is 53.8 Å². The summed E-state index contributed by atoms with van der Waals surface area (Å²) < 4.78 is 39.7. The van der Waals surface area contributed by atoms with Crippen LogP contribution in [0.5, 0.6) is 11.5 Å². The number of hydrogen-bond donors (Lipinski definition) is 1. The molecular weight excluding hydrogens is 344 g/mol. The molecule has 1 amide bonds. The summed E-state index contributed by atoms with van der Waals surface area (Å²) in [7, 11) is 0. The van der Waals surface area contributed by atoms with Gasteiger partial charge in [0, 0.05) is 16.6 Å². The summed E-state index contributed by atoms with van der Waals surface area (Å²) in [4.78, 5) is 12.5. The number of aryl methyl sites for hydroxylation is 1. The Morgan fingerprint density at radius 1 is 1.15 bits per heavy atom. The van der Waals surface area contributed by atoms with E-state index in [2.05, 4.69) is 10.1 Å². The maximum atomic E-state index is 12.5. The highest BCUT2D eigenvalue weighted by molar-refractivity contribution is 6.06. The van der Waals surface area contributed by atoms with Gasteiger partial charge in [0.2, 0.25) is 0 Å². The topological polar surface area (TPSA) is 60.7 Å². The highest BCUT2D eigenvalue weighted by atomic mass is 19.3. The van der Waals surface area contributed by atoms with Crippen molar-refractivity contribution in [1.29, 1.82) is 0 Å². The lowest BCUT2D eigenvalue weighted by atomic mass is 10.1. The van der Waals surface area contributed by atoms with Crippen molar-refractivity contribution in [2.75, 3.05) is 11.9 Å². The third-order valence-corrected chi connectivity index (χ3v) is 3.76. The predicted molar refractivity (Wildman–Crippen MR) is 93.1 cm³/mol. The molecule has 0 saturated heterocycles. The minimum absolute atomic E-state index is 0.0152. The van der Waals surface area contributed by atoms with E-state index in [0.29, 0.717) is 29.2 Å². The summed E-state index contributed by atoms with van der Waals surface area (Å²) in [6, 6.07) is 11.0. The summed E-state index contributed by atoms with van der Waals surface area (Å²) in [6.45, 7) is 1.33. The molecule has 1 aromatic heterocycles. The third kappa shape index (κ3) is 3.77. The maximum absolute atomic E-state index is 12.5. The molecule has 2 aromatic carbocycles. The number of ether oxygens (including phenoxy) is 2. The Kier molecular flexibility index (Phi) is 5.06. The number of amides is 1. The predicted octanol–water partition coefficient (Wildman–Crippen LogP) is 4.99. The molecule has 3 rings (SSSR count). The van der Waals surface area contributed by atoms with Crippen molar-refractivity contribution in [1.82, 2.24) is 0 Å². The molecule has 1 heterocycles. The number of furan rings is 1. The molecule has 136 valence electrons. The van der Waals surface area contributed by atoms with Crippen LogP contribution in [0.3, 0.4) is 0 Å². The Morgan fingerprint density at radius 2 is 1.85 bits per heavy atom. The van der Waals surface area contributed by atoms with Crippen molar-refractivity contribution in [3.63, 3.8) is 0 Å². The Morgan fingerprint density at radius 3 is 2.50 bits per heavy atom. The fraction of sp³-hybridized carbons (Fsp3) is 0.211. The normalized spacial score (nSPS) is 11.0. The molecule has 5 nitrogen and oxygen atoms in total. The molecule has 3 aromatic rings. The van der Waals surface area contributed by atoms with Crippen LogP contribution < -0.4 is 14.8 Å². The number of nitrogens with one attached hydrogen (secondary N) is 1. The van der Waals surface area contributed by atoms with Crippen molar-refractivity contribution >= 4 is 22.6 Å². The molecular formula is C19H17F2NO4. The van der Waals surface area contributed by atoms with Crippen LogP contribution in [0.15, 0.2) is 46.9 Å². The maximum Gasteiger partial charge on any atom is 0.387 e. The minimum Gasteiger partial charge on any atom is -0.494 e. The molecule has 7 heteroatoms. The zero-order valence-corrected chi connectivity index (χ0v) is 14.2. The molecule has 26 heavy (non-hydrogen) atoms. The molecule has 0 aliphatic heterocycles. The number of rotatable bonds is 6. The molecule has 0 fully saturated rings. The molecule has 0 aliphatic carbocycles. The summed E-state index contributed by atoms with van der Waals surface area (Å²) in [5, 5.41) is 3.47. The average Bonchev–Trinajstić information content (AvgIpc) is 2.93. The second-order valence-electron chi connectivity index (χ2n) is 5.50. The molecule has 0 unspecified atom stereocenters. The van der Waals surface area contributed by atoms with E-state index in [1.807, 2.05) is 13.0 Å². The van der Waals surface area contributed by atoms with Crippen LogP contribution in [0.1, 0.15) is 23.0 Å². The van der Waals surface area contributed by atoms with Gasteiger partial charge in [-0.3, -0.25) is 4.79 Å². The number of fused-ring (bicyclic) bond motifs is 1. The van der Waals surface area contributed by atoms with Gasteiger partial charge in [-0.05, 0) is 56.3 Å². The first-order valence-corrected chi connectivity index (χ1v) is 8.00. The van der Waals surface area contributed by atoms with E-state index in [-0.39, 0.29) is 11.5 Å². The molecule has 0 aliphatic rings. The van der Waals surface area contributed by atoms with Crippen LogP contribution in [0.4, 0.5) is 14.5 Å². The number of hydrogen-bond acceptors (Lipinski definition) is 4. The summed E-state index contributed by atoms with van der Waals surface area (Å²) >= 11 is 0. The molecule has 0 atom stereocenters. The summed E-state index contributed by atoms with van der Waals surface area (Å²) in [6.07, 6.45) is 0. The summed E-state index contributed by atoms with van der Waals surface area (Å²) in [5.74, 6) is 0.465. The van der Waals surface area contributed by atoms with E-state index in [1.165, 1.54) is 24.3 Å². The van der Waals surface area contributed by atoms with Gasteiger partial charge in [0.05, 0.1) is 6.61 Å². The van der Waals surface area contributed by atoms with Crippen LogP contribution in [0.2, 0.25) is 0 Å². The van der Waals surface area contributed by atoms with Gasteiger partial charge in [-0.2, -0.15) is 8.78 Å². The lowest BCUT2D eigenvalue weighted by Gasteiger charge is -2.07. The second kappa shape index (κ2) is 7.43. The summed E-state index contributed by atoms with van der Waals surface area (Å²) in [5.41, 5.74) is 1.71. The van der Waals surface area contributed by atoms with E-state index < -0.39 is 12.5 Å². The van der Waals surface area contributed by atoms with E-state index in [0.717, 1.165) is 5.39 Å². The van der Waals surface area contributed by atoms with E-state index in [4.69, 9.17) is 9.15 Å². The van der Waals surface area contributed by atoms with Gasteiger partial charge >= 0.3 is 6.61 Å². The average molecular weight is 361 g/mol. The van der Waals surface area contributed by atoms with Crippen LogP contribution in [0.25, 0.3) is 11.0 Å². The van der Waals surface area contributed by atoms with Gasteiger partial charge < -0.3 is 19.2 Å². The fourth-order valence-corrected chi connectivity index (χ4v) is 2.58. The van der Waals surface area contributed by atoms with Crippen molar-refractivity contribution in [3.8, 4) is 11.5 Å². The molecule has 0 saturated carbocycles. The van der Waals surface area contributed by atoms with Gasteiger partial charge in [-0.25, -0.2) is 0 Å². The van der Waals surface area contributed by atoms with Crippen LogP contribution in [0, 0.1) is 6.92 Å². The first-order valence-electron chi connectivity index (χ1n) is 8.00. The van der Waals surface area contributed by atoms with Crippen LogP contribution >= 0.6 is 0 Å². The SMILES string of the molecule is CCOc1ccc2oc(C(=O)Nc3ccc(OC(F)F)cc3)c(C)c2c1. The van der Waals surface area contributed by atoms with Crippen molar-refractivity contribution in [2.24, 2.45) is 0 Å². The monoisotopic (exact) mass is 361 g/mol. The van der Waals surface area contributed by atoms with Crippen LogP contribution in [-0.2, 0) is 0 Å². The lowest BCUT2D eigenvalue weighted by Crippen LogP contribution is -2.12. The molecule has 0 radical (unpaired) electrons. The van der Waals surface area contributed by atoms with Crippen molar-refractivity contribution in [2.45, 2.75) is 20.5 Å². The zero-order chi connectivity index (χ0) is 18.7. The first kappa shape index (κ1) is 17.7. The van der Waals surface area contributed by atoms with E-state index >= 15 is 0 Å². The first-order chi connectivity index (χ1) is 12.5. The Balaban J connectivity index is 1.80. The quantitative estimate of drug-likeness (QED) is 0.672. The number of benzene rings is 2.